The van der Waals surface area contributed by atoms with Gasteiger partial charge in [-0.1, -0.05) is 0 Å². The molecule has 1 aromatic heterocycles. The van der Waals surface area contributed by atoms with Crippen molar-refractivity contribution in [1.82, 2.24) is 9.97 Å². The molecule has 0 bridgehead atoms. The van der Waals surface area contributed by atoms with Gasteiger partial charge in [-0.25, -0.2) is 14.8 Å². The van der Waals surface area contributed by atoms with Crippen LogP contribution in [0.25, 0.3) is 0 Å². The summed E-state index contributed by atoms with van der Waals surface area (Å²) < 4.78 is 37.2. The van der Waals surface area contributed by atoms with E-state index in [9.17, 15) is 18.0 Å². The Morgan fingerprint density at radius 2 is 1.90 bits per heavy atom. The highest BCUT2D eigenvalue weighted by molar-refractivity contribution is 5.88. The summed E-state index contributed by atoms with van der Waals surface area (Å²) in [5.74, 6) is -1.17. The van der Waals surface area contributed by atoms with E-state index in [1.165, 1.54) is 24.7 Å². The summed E-state index contributed by atoms with van der Waals surface area (Å²) in [7, 11) is 0. The van der Waals surface area contributed by atoms with Gasteiger partial charge in [-0.05, 0) is 24.3 Å². The Kier molecular flexibility index (Phi) is 4.06. The second kappa shape index (κ2) is 5.78. The third kappa shape index (κ3) is 3.68. The minimum absolute atomic E-state index is 0.0584. The summed E-state index contributed by atoms with van der Waals surface area (Å²) in [4.78, 5) is 18.4. The number of anilines is 1. The first-order chi connectivity index (χ1) is 9.88. The molecule has 0 unspecified atom stereocenters. The molecule has 1 aromatic carbocycles. The van der Waals surface area contributed by atoms with E-state index in [4.69, 9.17) is 5.11 Å². The number of nitrogens with one attached hydrogen (secondary N) is 1. The van der Waals surface area contributed by atoms with Gasteiger partial charge in [0.2, 0.25) is 0 Å². The number of hydrogen-bond acceptors (Lipinski definition) is 4. The van der Waals surface area contributed by atoms with Crippen molar-refractivity contribution in [2.24, 2.45) is 0 Å². The molecule has 2 N–H and O–H groups in total. The fourth-order valence-corrected chi connectivity index (χ4v) is 1.64. The largest absolute Gasteiger partial charge is 0.478 e. The summed E-state index contributed by atoms with van der Waals surface area (Å²) in [5, 5.41) is 11.8. The predicted octanol–water partition coefficient (Wildman–Crippen LogP) is 2.81. The molecule has 2 rings (SSSR count). The van der Waals surface area contributed by atoms with Crippen molar-refractivity contribution in [2.75, 3.05) is 5.32 Å². The lowest BCUT2D eigenvalue weighted by Gasteiger charge is -2.10. The van der Waals surface area contributed by atoms with Gasteiger partial charge < -0.3 is 10.4 Å². The third-order valence-corrected chi connectivity index (χ3v) is 2.70. The number of aromatic carboxylic acids is 1. The van der Waals surface area contributed by atoms with Crippen LogP contribution >= 0.6 is 0 Å². The molecule has 0 fully saturated rings. The molecule has 0 aliphatic heterocycles. The summed E-state index contributed by atoms with van der Waals surface area (Å²) in [5.41, 5.74) is -0.131. The van der Waals surface area contributed by atoms with Crippen LogP contribution in [0.2, 0.25) is 0 Å². The third-order valence-electron chi connectivity index (χ3n) is 2.70. The Morgan fingerprint density at radius 1 is 1.24 bits per heavy atom. The van der Waals surface area contributed by atoms with Crippen molar-refractivity contribution >= 4 is 11.7 Å². The molecule has 5 nitrogen and oxygen atoms in total. The molecule has 0 aliphatic carbocycles. The molecule has 0 saturated heterocycles. The lowest BCUT2D eigenvalue weighted by Crippen LogP contribution is -2.10. The molecule has 0 atom stereocenters. The van der Waals surface area contributed by atoms with Crippen LogP contribution in [0, 0.1) is 0 Å². The van der Waals surface area contributed by atoms with Gasteiger partial charge in [0.05, 0.1) is 17.8 Å². The summed E-state index contributed by atoms with van der Waals surface area (Å²) >= 11 is 0. The number of carboxylic acids is 1. The molecule has 0 saturated carbocycles. The van der Waals surface area contributed by atoms with Crippen molar-refractivity contribution in [3.63, 3.8) is 0 Å². The number of alkyl halides is 3. The van der Waals surface area contributed by atoms with E-state index in [-0.39, 0.29) is 17.8 Å². The molecule has 0 spiro atoms. The van der Waals surface area contributed by atoms with Crippen molar-refractivity contribution in [2.45, 2.75) is 12.7 Å². The standard InChI is InChI=1S/C13H10F3N3O2/c14-13(15,16)8-1-3-9(4-2-8)18-6-11-10(12(20)21)5-17-7-19-11/h1-5,7,18H,6H2,(H,20,21). The normalized spacial score (nSPS) is 11.2. The first-order valence-corrected chi connectivity index (χ1v) is 5.81. The first-order valence-electron chi connectivity index (χ1n) is 5.81. The van der Waals surface area contributed by atoms with Gasteiger partial charge in [-0.2, -0.15) is 13.2 Å². The fourth-order valence-electron chi connectivity index (χ4n) is 1.64. The summed E-state index contributed by atoms with van der Waals surface area (Å²) in [6, 6.07) is 4.43. The molecule has 2 aromatic rings. The SMILES string of the molecule is O=C(O)c1cncnc1CNc1ccc(C(F)(F)F)cc1. The second-order valence-electron chi connectivity index (χ2n) is 4.12. The maximum atomic E-state index is 12.4. The van der Waals surface area contributed by atoms with E-state index in [0.717, 1.165) is 12.1 Å². The zero-order valence-electron chi connectivity index (χ0n) is 10.6. The Bertz CT molecular complexity index is 642. The lowest BCUT2D eigenvalue weighted by atomic mass is 10.2. The number of aromatic nitrogens is 2. The average molecular weight is 297 g/mol. The maximum Gasteiger partial charge on any atom is 0.416 e. The molecule has 110 valence electrons. The topological polar surface area (TPSA) is 75.1 Å². The molecular weight excluding hydrogens is 287 g/mol. The number of carbonyl (C=O) groups is 1. The minimum Gasteiger partial charge on any atom is -0.478 e. The van der Waals surface area contributed by atoms with Gasteiger partial charge >= 0.3 is 12.1 Å². The van der Waals surface area contributed by atoms with Gasteiger partial charge in [0, 0.05) is 11.9 Å². The zero-order chi connectivity index (χ0) is 15.5. The van der Waals surface area contributed by atoms with Crippen LogP contribution in [-0.4, -0.2) is 21.0 Å². The average Bonchev–Trinajstić information content (AvgIpc) is 2.45. The van der Waals surface area contributed by atoms with Gasteiger partial charge in [0.25, 0.3) is 0 Å². The Morgan fingerprint density at radius 3 is 2.48 bits per heavy atom. The van der Waals surface area contributed by atoms with Crippen LogP contribution in [0.3, 0.4) is 0 Å². The van der Waals surface area contributed by atoms with Crippen molar-refractivity contribution in [3.05, 3.63) is 53.6 Å². The number of hydrogen-bond donors (Lipinski definition) is 2. The monoisotopic (exact) mass is 297 g/mol. The maximum absolute atomic E-state index is 12.4. The van der Waals surface area contributed by atoms with Gasteiger partial charge in [-0.3, -0.25) is 0 Å². The Labute approximate surface area is 117 Å². The second-order valence-corrected chi connectivity index (χ2v) is 4.12. The first kappa shape index (κ1) is 14.8. The molecule has 0 amide bonds. The van der Waals surface area contributed by atoms with E-state index in [0.29, 0.717) is 5.69 Å². The highest BCUT2D eigenvalue weighted by atomic mass is 19.4. The number of rotatable bonds is 4. The van der Waals surface area contributed by atoms with Crippen LogP contribution in [0.1, 0.15) is 21.6 Å². The van der Waals surface area contributed by atoms with Crippen molar-refractivity contribution in [1.29, 1.82) is 0 Å². The number of halogens is 3. The van der Waals surface area contributed by atoms with Crippen LogP contribution in [0.4, 0.5) is 18.9 Å². The van der Waals surface area contributed by atoms with Crippen LogP contribution in [0.15, 0.2) is 36.8 Å². The number of benzene rings is 1. The van der Waals surface area contributed by atoms with Crippen molar-refractivity contribution < 1.29 is 23.1 Å². The molecule has 1 heterocycles. The highest BCUT2D eigenvalue weighted by Gasteiger charge is 2.29. The molecule has 21 heavy (non-hydrogen) atoms. The fraction of sp³-hybridized carbons (Fsp3) is 0.154. The molecule has 8 heteroatoms. The quantitative estimate of drug-likeness (QED) is 0.907. The van der Waals surface area contributed by atoms with E-state index in [2.05, 4.69) is 15.3 Å². The van der Waals surface area contributed by atoms with Crippen LogP contribution in [0.5, 0.6) is 0 Å². The summed E-state index contributed by atoms with van der Waals surface area (Å²) in [6.45, 7) is 0.0650. The molecule has 0 aliphatic rings. The smallest absolute Gasteiger partial charge is 0.416 e. The molecule has 0 radical (unpaired) electrons. The predicted molar refractivity (Wildman–Crippen MR) is 67.8 cm³/mol. The molecular formula is C13H10F3N3O2. The van der Waals surface area contributed by atoms with Gasteiger partial charge in [-0.15, -0.1) is 0 Å². The Hall–Kier alpha value is -2.64. The van der Waals surface area contributed by atoms with Crippen LogP contribution < -0.4 is 5.32 Å². The van der Waals surface area contributed by atoms with Crippen molar-refractivity contribution in [3.8, 4) is 0 Å². The van der Waals surface area contributed by atoms with E-state index >= 15 is 0 Å². The number of carboxylic acid groups (broad SMARTS) is 1. The summed E-state index contributed by atoms with van der Waals surface area (Å²) in [6.07, 6.45) is -2.02. The Balaban J connectivity index is 2.09. The minimum atomic E-state index is -4.39. The van der Waals surface area contributed by atoms with E-state index in [1.807, 2.05) is 0 Å². The lowest BCUT2D eigenvalue weighted by molar-refractivity contribution is -0.137. The van der Waals surface area contributed by atoms with Crippen LogP contribution in [-0.2, 0) is 12.7 Å². The highest BCUT2D eigenvalue weighted by Crippen LogP contribution is 2.29. The zero-order valence-corrected chi connectivity index (χ0v) is 10.6. The van der Waals surface area contributed by atoms with E-state index in [1.54, 1.807) is 0 Å². The van der Waals surface area contributed by atoms with Gasteiger partial charge in [0.15, 0.2) is 0 Å². The number of nitrogens with zero attached hydrogens (tertiary/aromatic N) is 2. The van der Waals surface area contributed by atoms with E-state index < -0.39 is 17.7 Å². The van der Waals surface area contributed by atoms with Gasteiger partial charge in [0.1, 0.15) is 11.9 Å².